The summed E-state index contributed by atoms with van der Waals surface area (Å²) in [5.41, 5.74) is 1.24. The molecule has 3 unspecified atom stereocenters. The highest BCUT2D eigenvalue weighted by molar-refractivity contribution is 7.07. The Morgan fingerprint density at radius 2 is 2.33 bits per heavy atom. The van der Waals surface area contributed by atoms with Gasteiger partial charge < -0.3 is 4.90 Å². The van der Waals surface area contributed by atoms with Gasteiger partial charge in [-0.2, -0.15) is 11.3 Å². The SMILES string of the molecule is CC1CCCC(N2C(=O)CNC2c2ccsc2)C1. The maximum atomic E-state index is 12.2. The summed E-state index contributed by atoms with van der Waals surface area (Å²) in [7, 11) is 0. The Morgan fingerprint density at radius 3 is 3.06 bits per heavy atom. The standard InChI is InChI=1S/C14H20N2OS/c1-10-3-2-4-12(7-10)16-13(17)8-15-14(16)11-5-6-18-9-11/h5-6,9-10,12,14-15H,2-4,7-8H2,1H3. The second kappa shape index (κ2) is 5.02. The number of amides is 1. The van der Waals surface area contributed by atoms with Crippen molar-refractivity contribution in [2.45, 2.75) is 44.8 Å². The van der Waals surface area contributed by atoms with Crippen LogP contribution in [0.2, 0.25) is 0 Å². The largest absolute Gasteiger partial charge is 0.319 e. The van der Waals surface area contributed by atoms with Gasteiger partial charge in [0.2, 0.25) is 5.91 Å². The molecule has 98 valence electrons. The smallest absolute Gasteiger partial charge is 0.238 e. The lowest BCUT2D eigenvalue weighted by atomic mass is 9.86. The van der Waals surface area contributed by atoms with Crippen LogP contribution < -0.4 is 5.32 Å². The average Bonchev–Trinajstić information content (AvgIpc) is 2.97. The van der Waals surface area contributed by atoms with Crippen molar-refractivity contribution in [1.29, 1.82) is 0 Å². The third-order valence-electron chi connectivity index (χ3n) is 4.17. The van der Waals surface area contributed by atoms with Crippen LogP contribution in [-0.2, 0) is 4.79 Å². The van der Waals surface area contributed by atoms with Gasteiger partial charge in [0.15, 0.2) is 0 Å². The van der Waals surface area contributed by atoms with Gasteiger partial charge >= 0.3 is 0 Å². The van der Waals surface area contributed by atoms with E-state index in [4.69, 9.17) is 0 Å². The summed E-state index contributed by atoms with van der Waals surface area (Å²) in [6.07, 6.45) is 5.01. The zero-order valence-corrected chi connectivity index (χ0v) is 11.6. The molecule has 3 nitrogen and oxygen atoms in total. The molecule has 1 saturated carbocycles. The van der Waals surface area contributed by atoms with Crippen molar-refractivity contribution in [3.8, 4) is 0 Å². The number of hydrogen-bond acceptors (Lipinski definition) is 3. The van der Waals surface area contributed by atoms with Crippen LogP contribution in [0.4, 0.5) is 0 Å². The normalized spacial score (nSPS) is 33.1. The lowest BCUT2D eigenvalue weighted by molar-refractivity contribution is -0.131. The maximum Gasteiger partial charge on any atom is 0.238 e. The Bertz CT molecular complexity index is 417. The lowest BCUT2D eigenvalue weighted by Crippen LogP contribution is -2.42. The van der Waals surface area contributed by atoms with Crippen LogP contribution in [0.25, 0.3) is 0 Å². The molecule has 2 aliphatic rings. The highest BCUT2D eigenvalue weighted by Gasteiger charge is 2.38. The van der Waals surface area contributed by atoms with Crippen LogP contribution in [0.1, 0.15) is 44.3 Å². The fourth-order valence-corrected chi connectivity index (χ4v) is 3.97. The molecule has 3 atom stereocenters. The molecule has 1 amide bonds. The van der Waals surface area contributed by atoms with Gasteiger partial charge in [-0.25, -0.2) is 0 Å². The Hall–Kier alpha value is -0.870. The molecule has 0 radical (unpaired) electrons. The number of nitrogens with one attached hydrogen (secondary N) is 1. The minimum absolute atomic E-state index is 0.110. The molecule has 1 saturated heterocycles. The molecule has 1 aromatic heterocycles. The van der Waals surface area contributed by atoms with E-state index in [0.717, 1.165) is 12.3 Å². The fraction of sp³-hybridized carbons (Fsp3) is 0.643. The summed E-state index contributed by atoms with van der Waals surface area (Å²) in [6.45, 7) is 2.80. The van der Waals surface area contributed by atoms with Crippen molar-refractivity contribution in [1.82, 2.24) is 10.2 Å². The number of rotatable bonds is 2. The quantitative estimate of drug-likeness (QED) is 0.891. The molecule has 0 aromatic carbocycles. The van der Waals surface area contributed by atoms with Crippen LogP contribution >= 0.6 is 11.3 Å². The van der Waals surface area contributed by atoms with Gasteiger partial charge in [0, 0.05) is 6.04 Å². The van der Waals surface area contributed by atoms with Crippen LogP contribution in [0.3, 0.4) is 0 Å². The molecule has 3 rings (SSSR count). The van der Waals surface area contributed by atoms with Crippen LogP contribution in [-0.4, -0.2) is 23.4 Å². The van der Waals surface area contributed by atoms with E-state index in [9.17, 15) is 4.79 Å². The van der Waals surface area contributed by atoms with Crippen LogP contribution in [0, 0.1) is 5.92 Å². The van der Waals surface area contributed by atoms with E-state index in [1.807, 2.05) is 0 Å². The van der Waals surface area contributed by atoms with Crippen molar-refractivity contribution in [3.05, 3.63) is 22.4 Å². The highest BCUT2D eigenvalue weighted by atomic mass is 32.1. The predicted molar refractivity (Wildman–Crippen MR) is 73.3 cm³/mol. The van der Waals surface area contributed by atoms with E-state index < -0.39 is 0 Å². The van der Waals surface area contributed by atoms with Crippen molar-refractivity contribution < 1.29 is 4.79 Å². The summed E-state index contributed by atoms with van der Waals surface area (Å²) in [6, 6.07) is 2.56. The van der Waals surface area contributed by atoms with Crippen LogP contribution in [0.15, 0.2) is 16.8 Å². The van der Waals surface area contributed by atoms with Gasteiger partial charge in [-0.15, -0.1) is 0 Å². The summed E-state index contributed by atoms with van der Waals surface area (Å²) in [5, 5.41) is 7.59. The molecular weight excluding hydrogens is 244 g/mol. The second-order valence-electron chi connectivity index (χ2n) is 5.57. The summed E-state index contributed by atoms with van der Waals surface area (Å²) < 4.78 is 0. The Morgan fingerprint density at radius 1 is 1.44 bits per heavy atom. The first-order valence-corrected chi connectivity index (χ1v) is 7.76. The number of thiophene rings is 1. The topological polar surface area (TPSA) is 32.3 Å². The highest BCUT2D eigenvalue weighted by Crippen LogP contribution is 2.34. The molecule has 0 spiro atoms. The Kier molecular flexibility index (Phi) is 3.39. The van der Waals surface area contributed by atoms with E-state index in [2.05, 4.69) is 34.0 Å². The minimum atomic E-state index is 0.110. The lowest BCUT2D eigenvalue weighted by Gasteiger charge is -2.37. The van der Waals surface area contributed by atoms with Gasteiger partial charge in [0.25, 0.3) is 0 Å². The molecular formula is C14H20N2OS. The van der Waals surface area contributed by atoms with Gasteiger partial charge in [0.05, 0.1) is 6.54 Å². The number of nitrogens with zero attached hydrogens (tertiary/aromatic N) is 1. The first kappa shape index (κ1) is 12.2. The van der Waals surface area contributed by atoms with Crippen LogP contribution in [0.5, 0.6) is 0 Å². The predicted octanol–water partition coefficient (Wildman–Crippen LogP) is 2.76. The molecule has 2 fully saturated rings. The molecule has 1 aromatic rings. The summed E-state index contributed by atoms with van der Waals surface area (Å²) in [5.74, 6) is 1.02. The number of carbonyl (C=O) groups is 1. The van der Waals surface area contributed by atoms with Crippen molar-refractivity contribution >= 4 is 17.2 Å². The molecule has 18 heavy (non-hydrogen) atoms. The molecule has 4 heteroatoms. The Balaban J connectivity index is 1.81. The van der Waals surface area contributed by atoms with E-state index >= 15 is 0 Å². The van der Waals surface area contributed by atoms with E-state index in [-0.39, 0.29) is 12.1 Å². The molecule has 1 aliphatic carbocycles. The average molecular weight is 264 g/mol. The summed E-state index contributed by atoms with van der Waals surface area (Å²) in [4.78, 5) is 14.3. The van der Waals surface area contributed by atoms with Crippen molar-refractivity contribution in [3.63, 3.8) is 0 Å². The van der Waals surface area contributed by atoms with Crippen molar-refractivity contribution in [2.24, 2.45) is 5.92 Å². The van der Waals surface area contributed by atoms with E-state index in [1.165, 1.54) is 24.8 Å². The third-order valence-corrected chi connectivity index (χ3v) is 4.88. The molecule has 2 heterocycles. The fourth-order valence-electron chi connectivity index (χ4n) is 3.30. The number of hydrogen-bond donors (Lipinski definition) is 1. The number of carbonyl (C=O) groups excluding carboxylic acids is 1. The molecule has 0 bridgehead atoms. The van der Waals surface area contributed by atoms with Gasteiger partial charge in [-0.3, -0.25) is 10.1 Å². The molecule has 1 N–H and O–H groups in total. The maximum absolute atomic E-state index is 12.2. The zero-order chi connectivity index (χ0) is 12.5. The van der Waals surface area contributed by atoms with Crippen molar-refractivity contribution in [2.75, 3.05) is 6.54 Å². The van der Waals surface area contributed by atoms with E-state index in [1.54, 1.807) is 11.3 Å². The molecule has 1 aliphatic heterocycles. The van der Waals surface area contributed by atoms with Gasteiger partial charge in [-0.05, 0) is 41.1 Å². The van der Waals surface area contributed by atoms with E-state index in [0.29, 0.717) is 12.6 Å². The van der Waals surface area contributed by atoms with Gasteiger partial charge in [-0.1, -0.05) is 19.8 Å². The third kappa shape index (κ3) is 2.19. The minimum Gasteiger partial charge on any atom is -0.319 e. The monoisotopic (exact) mass is 264 g/mol. The second-order valence-corrected chi connectivity index (χ2v) is 6.35. The van der Waals surface area contributed by atoms with Gasteiger partial charge in [0.1, 0.15) is 6.17 Å². The zero-order valence-electron chi connectivity index (χ0n) is 10.8. The first-order valence-electron chi connectivity index (χ1n) is 6.82. The summed E-state index contributed by atoms with van der Waals surface area (Å²) >= 11 is 1.70. The Labute approximate surface area is 112 Å². The first-order chi connectivity index (χ1) is 8.75.